The van der Waals surface area contributed by atoms with Crippen molar-refractivity contribution in [3.05, 3.63) is 47.2 Å². The van der Waals surface area contributed by atoms with Crippen molar-refractivity contribution in [1.29, 1.82) is 0 Å². The van der Waals surface area contributed by atoms with E-state index >= 15 is 0 Å². The summed E-state index contributed by atoms with van der Waals surface area (Å²) in [6.07, 6.45) is 2.39. The van der Waals surface area contributed by atoms with E-state index in [9.17, 15) is 4.79 Å². The number of benzene rings is 1. The molecule has 0 saturated heterocycles. The molecule has 4 nitrogen and oxygen atoms in total. The molecule has 0 unspecified atom stereocenters. The molecule has 98 valence electrons. The summed E-state index contributed by atoms with van der Waals surface area (Å²) < 4.78 is 10.8. The Morgan fingerprint density at radius 2 is 2.16 bits per heavy atom. The van der Waals surface area contributed by atoms with E-state index in [1.54, 1.807) is 37.4 Å². The number of furan rings is 1. The second kappa shape index (κ2) is 5.63. The zero-order valence-corrected chi connectivity index (χ0v) is 10.8. The summed E-state index contributed by atoms with van der Waals surface area (Å²) >= 11 is 5.94. The lowest BCUT2D eigenvalue weighted by atomic mass is 10.1. The average molecular weight is 279 g/mol. The third kappa shape index (κ3) is 3.17. The Morgan fingerprint density at radius 3 is 2.84 bits per heavy atom. The predicted molar refractivity (Wildman–Crippen MR) is 72.4 cm³/mol. The van der Waals surface area contributed by atoms with Gasteiger partial charge in [-0.2, -0.15) is 0 Å². The van der Waals surface area contributed by atoms with Gasteiger partial charge in [0.1, 0.15) is 17.3 Å². The molecule has 5 heteroatoms. The monoisotopic (exact) mass is 278 g/mol. The summed E-state index contributed by atoms with van der Waals surface area (Å²) in [6, 6.07) is 8.60. The first-order chi connectivity index (χ1) is 9.10. The highest BCUT2D eigenvalue weighted by Crippen LogP contribution is 2.33. The molecule has 1 aromatic heterocycles. The topological polar surface area (TPSA) is 59.7 Å². The van der Waals surface area contributed by atoms with Crippen LogP contribution in [-0.4, -0.2) is 18.2 Å². The van der Waals surface area contributed by atoms with Gasteiger partial charge in [0, 0.05) is 11.1 Å². The number of carboxylic acids is 1. The Balaban J connectivity index is 2.37. The lowest BCUT2D eigenvalue weighted by Crippen LogP contribution is -1.86. The largest absolute Gasteiger partial charge is 0.496 e. The molecule has 0 atom stereocenters. The van der Waals surface area contributed by atoms with Crippen molar-refractivity contribution in [3.63, 3.8) is 0 Å². The molecule has 1 aromatic carbocycles. The molecule has 0 aliphatic rings. The number of aliphatic carboxylic acids is 1. The van der Waals surface area contributed by atoms with Crippen LogP contribution >= 0.6 is 11.6 Å². The fourth-order valence-corrected chi connectivity index (χ4v) is 1.79. The lowest BCUT2D eigenvalue weighted by molar-refractivity contribution is -0.131. The number of hydrogen-bond donors (Lipinski definition) is 1. The summed E-state index contributed by atoms with van der Waals surface area (Å²) in [5.41, 5.74) is 0.713. The quantitative estimate of drug-likeness (QED) is 0.866. The first-order valence-electron chi connectivity index (χ1n) is 5.45. The number of methoxy groups -OCH3 is 1. The minimum absolute atomic E-state index is 0.444. The van der Waals surface area contributed by atoms with Gasteiger partial charge in [0.2, 0.25) is 0 Å². The minimum Gasteiger partial charge on any atom is -0.496 e. The van der Waals surface area contributed by atoms with Gasteiger partial charge in [-0.3, -0.25) is 0 Å². The molecular weight excluding hydrogens is 268 g/mol. The molecule has 0 amide bonds. The van der Waals surface area contributed by atoms with Crippen LogP contribution in [0.2, 0.25) is 5.02 Å². The maximum atomic E-state index is 10.4. The number of rotatable bonds is 4. The van der Waals surface area contributed by atoms with Crippen LogP contribution in [0.15, 0.2) is 40.8 Å². The van der Waals surface area contributed by atoms with E-state index in [1.165, 1.54) is 6.08 Å². The molecule has 0 saturated carbocycles. The molecule has 2 aromatic rings. The molecule has 0 bridgehead atoms. The van der Waals surface area contributed by atoms with Crippen LogP contribution in [0.3, 0.4) is 0 Å². The summed E-state index contributed by atoms with van der Waals surface area (Å²) in [4.78, 5) is 10.4. The van der Waals surface area contributed by atoms with Gasteiger partial charge >= 0.3 is 5.97 Å². The molecular formula is C14H11ClO4. The minimum atomic E-state index is -1.03. The van der Waals surface area contributed by atoms with Gasteiger partial charge in [-0.1, -0.05) is 11.6 Å². The van der Waals surface area contributed by atoms with E-state index in [2.05, 4.69) is 0 Å². The smallest absolute Gasteiger partial charge is 0.328 e. The van der Waals surface area contributed by atoms with Crippen molar-refractivity contribution < 1.29 is 19.1 Å². The van der Waals surface area contributed by atoms with Gasteiger partial charge in [-0.15, -0.1) is 0 Å². The third-order valence-corrected chi connectivity index (χ3v) is 2.68. The highest BCUT2D eigenvalue weighted by Gasteiger charge is 2.10. The van der Waals surface area contributed by atoms with E-state index < -0.39 is 5.97 Å². The van der Waals surface area contributed by atoms with Crippen LogP contribution in [0.5, 0.6) is 5.75 Å². The van der Waals surface area contributed by atoms with Crippen LogP contribution in [0.25, 0.3) is 17.4 Å². The highest BCUT2D eigenvalue weighted by molar-refractivity contribution is 6.30. The lowest BCUT2D eigenvalue weighted by Gasteiger charge is -2.06. The first kappa shape index (κ1) is 13.2. The van der Waals surface area contributed by atoms with E-state index in [-0.39, 0.29) is 0 Å². The Morgan fingerprint density at radius 1 is 1.37 bits per heavy atom. The van der Waals surface area contributed by atoms with Gasteiger partial charge in [-0.25, -0.2) is 4.79 Å². The zero-order chi connectivity index (χ0) is 13.8. The van der Waals surface area contributed by atoms with E-state index in [0.717, 1.165) is 6.08 Å². The fraction of sp³-hybridized carbons (Fsp3) is 0.0714. The van der Waals surface area contributed by atoms with Crippen molar-refractivity contribution in [1.82, 2.24) is 0 Å². The fourth-order valence-electron chi connectivity index (χ4n) is 1.61. The summed E-state index contributed by atoms with van der Waals surface area (Å²) in [5, 5.41) is 9.12. The Hall–Kier alpha value is -2.20. The molecule has 0 radical (unpaired) electrons. The molecule has 0 aliphatic heterocycles. The van der Waals surface area contributed by atoms with Crippen molar-refractivity contribution >= 4 is 23.6 Å². The van der Waals surface area contributed by atoms with E-state index in [1.807, 2.05) is 0 Å². The maximum absolute atomic E-state index is 10.4. The predicted octanol–water partition coefficient (Wildman–Crippen LogP) is 3.71. The van der Waals surface area contributed by atoms with Crippen molar-refractivity contribution in [2.45, 2.75) is 0 Å². The van der Waals surface area contributed by atoms with Crippen molar-refractivity contribution in [3.8, 4) is 17.1 Å². The normalized spacial score (nSPS) is 10.8. The number of carboxylic acid groups (broad SMARTS) is 1. The van der Waals surface area contributed by atoms with Gasteiger partial charge in [-0.05, 0) is 36.4 Å². The molecule has 0 spiro atoms. The van der Waals surface area contributed by atoms with Gasteiger partial charge in [0.25, 0.3) is 0 Å². The number of hydrogen-bond acceptors (Lipinski definition) is 3. The van der Waals surface area contributed by atoms with Gasteiger partial charge < -0.3 is 14.3 Å². The molecule has 0 aliphatic carbocycles. The van der Waals surface area contributed by atoms with Crippen LogP contribution in [0, 0.1) is 0 Å². The van der Waals surface area contributed by atoms with Gasteiger partial charge in [0.15, 0.2) is 0 Å². The summed E-state index contributed by atoms with van der Waals surface area (Å²) in [5.74, 6) is 0.606. The van der Waals surface area contributed by atoms with E-state index in [4.69, 9.17) is 25.9 Å². The third-order valence-electron chi connectivity index (χ3n) is 2.44. The molecule has 0 fully saturated rings. The SMILES string of the molecule is COc1ccc(Cl)cc1-c1ccc(/C=C/C(=O)O)o1. The second-order valence-electron chi connectivity index (χ2n) is 3.72. The average Bonchev–Trinajstić information content (AvgIpc) is 2.85. The van der Waals surface area contributed by atoms with Crippen LogP contribution in [0.4, 0.5) is 0 Å². The van der Waals surface area contributed by atoms with Gasteiger partial charge in [0.05, 0.1) is 12.7 Å². The number of halogens is 1. The second-order valence-corrected chi connectivity index (χ2v) is 4.15. The molecule has 1 heterocycles. The Bertz CT molecular complexity index is 628. The molecule has 2 rings (SSSR count). The van der Waals surface area contributed by atoms with Crippen LogP contribution < -0.4 is 4.74 Å². The maximum Gasteiger partial charge on any atom is 0.328 e. The molecule has 19 heavy (non-hydrogen) atoms. The summed E-state index contributed by atoms with van der Waals surface area (Å²) in [6.45, 7) is 0. The van der Waals surface area contributed by atoms with Crippen LogP contribution in [-0.2, 0) is 4.79 Å². The first-order valence-corrected chi connectivity index (χ1v) is 5.82. The van der Waals surface area contributed by atoms with Crippen molar-refractivity contribution in [2.75, 3.05) is 7.11 Å². The Kier molecular flexibility index (Phi) is 3.92. The van der Waals surface area contributed by atoms with E-state index in [0.29, 0.717) is 27.9 Å². The van der Waals surface area contributed by atoms with Crippen molar-refractivity contribution in [2.24, 2.45) is 0 Å². The standard InChI is InChI=1S/C14H11ClO4/c1-18-12-5-2-9(15)8-11(12)13-6-3-10(19-13)4-7-14(16)17/h2-8H,1H3,(H,16,17)/b7-4+. The summed E-state index contributed by atoms with van der Waals surface area (Å²) in [7, 11) is 1.56. The highest BCUT2D eigenvalue weighted by atomic mass is 35.5. The molecule has 1 N–H and O–H groups in total. The number of ether oxygens (including phenoxy) is 1. The van der Waals surface area contributed by atoms with Crippen LogP contribution in [0.1, 0.15) is 5.76 Å². The number of carbonyl (C=O) groups is 1. The Labute approximate surface area is 114 Å². The zero-order valence-electron chi connectivity index (χ0n) is 10.1.